The van der Waals surface area contributed by atoms with Crippen LogP contribution in [0.4, 0.5) is 0 Å². The van der Waals surface area contributed by atoms with Gasteiger partial charge in [0.25, 0.3) is 0 Å². The lowest BCUT2D eigenvalue weighted by Crippen LogP contribution is -2.62. The number of carbonyl (C=O) groups is 3. The molecule has 1 aliphatic carbocycles. The number of rotatable bonds is 11. The monoisotopic (exact) mass is 632 g/mol. The van der Waals surface area contributed by atoms with Crippen LogP contribution >= 0.6 is 0 Å². The number of nitrogens with zero attached hydrogens (tertiary/aromatic N) is 3. The molecule has 0 radical (unpaired) electrons. The van der Waals surface area contributed by atoms with Crippen LogP contribution < -0.4 is 10.6 Å². The van der Waals surface area contributed by atoms with Gasteiger partial charge in [-0.2, -0.15) is 0 Å². The fraction of sp³-hybridized carbons (Fsp3) is 0.861. The highest BCUT2D eigenvalue weighted by Gasteiger charge is 2.40. The van der Waals surface area contributed by atoms with Crippen molar-refractivity contribution in [3.05, 3.63) is 11.6 Å². The SMILES string of the molecule is C/C(=C\C(C(C)C)N(C)C(=O)C(NC(O)[C@H]1CCCCN1C(C)C)C(C)(C)C)C(=O)N1CCCC1C(=O)NC1CCCCCC1. The minimum absolute atomic E-state index is 0.0279. The summed E-state index contributed by atoms with van der Waals surface area (Å²) in [7, 11) is 1.80. The first-order chi connectivity index (χ1) is 21.1. The Bertz CT molecular complexity index is 1010. The van der Waals surface area contributed by atoms with E-state index in [1.807, 2.05) is 26.8 Å². The summed E-state index contributed by atoms with van der Waals surface area (Å²) < 4.78 is 0. The Morgan fingerprint density at radius 2 is 1.51 bits per heavy atom. The topological polar surface area (TPSA) is 105 Å². The van der Waals surface area contributed by atoms with Crippen LogP contribution in [-0.4, -0.2) is 100 Å². The van der Waals surface area contributed by atoms with Gasteiger partial charge in [-0.1, -0.05) is 72.8 Å². The molecule has 9 nitrogen and oxygen atoms in total. The Kier molecular flexibility index (Phi) is 13.9. The number of aliphatic hydroxyl groups is 1. The molecule has 3 amide bonds. The number of aliphatic hydroxyl groups excluding tert-OH is 1. The van der Waals surface area contributed by atoms with Gasteiger partial charge < -0.3 is 20.2 Å². The highest BCUT2D eigenvalue weighted by Crippen LogP contribution is 2.28. The number of carbonyl (C=O) groups excluding carboxylic acids is 3. The van der Waals surface area contributed by atoms with Gasteiger partial charge in [-0.3, -0.25) is 24.6 Å². The van der Waals surface area contributed by atoms with Gasteiger partial charge in [0.05, 0.1) is 12.1 Å². The average molecular weight is 632 g/mol. The van der Waals surface area contributed by atoms with Crippen molar-refractivity contribution in [2.24, 2.45) is 11.3 Å². The average Bonchev–Trinajstić information content (AvgIpc) is 3.34. The minimum atomic E-state index is -0.832. The summed E-state index contributed by atoms with van der Waals surface area (Å²) in [5, 5.41) is 18.0. The van der Waals surface area contributed by atoms with Crippen LogP contribution in [0.25, 0.3) is 0 Å². The lowest BCUT2D eigenvalue weighted by molar-refractivity contribution is -0.139. The first kappa shape index (κ1) is 37.5. The van der Waals surface area contributed by atoms with Crippen LogP contribution in [-0.2, 0) is 14.4 Å². The van der Waals surface area contributed by atoms with Crippen molar-refractivity contribution in [1.29, 1.82) is 0 Å². The van der Waals surface area contributed by atoms with E-state index in [-0.39, 0.29) is 41.8 Å². The Morgan fingerprint density at radius 1 is 0.889 bits per heavy atom. The van der Waals surface area contributed by atoms with E-state index in [1.165, 1.54) is 12.8 Å². The number of likely N-dealkylation sites (N-methyl/N-ethyl adjacent to an activating group) is 1. The van der Waals surface area contributed by atoms with Gasteiger partial charge in [-0.05, 0) is 77.2 Å². The molecule has 0 bridgehead atoms. The quantitative estimate of drug-likeness (QED) is 0.171. The van der Waals surface area contributed by atoms with E-state index in [9.17, 15) is 19.5 Å². The summed E-state index contributed by atoms with van der Waals surface area (Å²) in [6.07, 6.45) is 12.4. The summed E-state index contributed by atoms with van der Waals surface area (Å²) in [4.78, 5) is 47.1. The molecule has 0 spiro atoms. The van der Waals surface area contributed by atoms with E-state index < -0.39 is 23.7 Å². The van der Waals surface area contributed by atoms with Crippen molar-refractivity contribution in [2.75, 3.05) is 20.1 Å². The zero-order valence-electron chi connectivity index (χ0n) is 29.9. The van der Waals surface area contributed by atoms with Crippen molar-refractivity contribution in [3.8, 4) is 0 Å². The molecule has 1 saturated carbocycles. The molecule has 4 unspecified atom stereocenters. The summed E-state index contributed by atoms with van der Waals surface area (Å²) >= 11 is 0. The van der Waals surface area contributed by atoms with E-state index in [2.05, 4.69) is 43.2 Å². The summed E-state index contributed by atoms with van der Waals surface area (Å²) in [6.45, 7) is 17.8. The van der Waals surface area contributed by atoms with Crippen LogP contribution in [0, 0.1) is 11.3 Å². The van der Waals surface area contributed by atoms with Crippen molar-refractivity contribution in [3.63, 3.8) is 0 Å². The van der Waals surface area contributed by atoms with Gasteiger partial charge in [-0.15, -0.1) is 0 Å². The van der Waals surface area contributed by atoms with Crippen molar-refractivity contribution in [1.82, 2.24) is 25.3 Å². The second-order valence-corrected chi connectivity index (χ2v) is 15.7. The smallest absolute Gasteiger partial charge is 0.249 e. The summed E-state index contributed by atoms with van der Waals surface area (Å²) in [5.41, 5.74) is 0.102. The van der Waals surface area contributed by atoms with Gasteiger partial charge in [0.15, 0.2) is 0 Å². The van der Waals surface area contributed by atoms with E-state index in [1.54, 1.807) is 23.8 Å². The van der Waals surface area contributed by atoms with Crippen molar-refractivity contribution in [2.45, 2.75) is 168 Å². The lowest BCUT2D eigenvalue weighted by Gasteiger charge is -2.44. The highest BCUT2D eigenvalue weighted by atomic mass is 16.3. The first-order valence-corrected chi connectivity index (χ1v) is 17.9. The second-order valence-electron chi connectivity index (χ2n) is 15.7. The predicted octanol–water partition coefficient (Wildman–Crippen LogP) is 4.83. The van der Waals surface area contributed by atoms with Crippen LogP contribution in [0.3, 0.4) is 0 Å². The molecule has 2 saturated heterocycles. The molecule has 9 heteroatoms. The van der Waals surface area contributed by atoms with Crippen molar-refractivity contribution >= 4 is 17.7 Å². The highest BCUT2D eigenvalue weighted by molar-refractivity contribution is 5.97. The fourth-order valence-electron chi connectivity index (χ4n) is 7.59. The van der Waals surface area contributed by atoms with Crippen LogP contribution in [0.2, 0.25) is 0 Å². The van der Waals surface area contributed by atoms with Gasteiger partial charge >= 0.3 is 0 Å². The van der Waals surface area contributed by atoms with Crippen LogP contribution in [0.5, 0.6) is 0 Å². The number of hydrogen-bond acceptors (Lipinski definition) is 6. The van der Waals surface area contributed by atoms with Crippen LogP contribution in [0.15, 0.2) is 11.6 Å². The molecule has 3 fully saturated rings. The van der Waals surface area contributed by atoms with Gasteiger partial charge in [0, 0.05) is 37.3 Å². The fourth-order valence-corrected chi connectivity index (χ4v) is 7.59. The molecule has 0 aromatic heterocycles. The Balaban J connectivity index is 1.74. The Morgan fingerprint density at radius 3 is 2.09 bits per heavy atom. The van der Waals surface area contributed by atoms with E-state index in [0.29, 0.717) is 24.6 Å². The van der Waals surface area contributed by atoms with Crippen molar-refractivity contribution < 1.29 is 19.5 Å². The third-order valence-electron chi connectivity index (χ3n) is 10.3. The standard InChI is InChI=1S/C36H65N5O4/c1-24(2)30(23-26(5)34(44)41-22-16-20-29(41)32(42)37-27-17-12-10-11-13-18-27)39(9)35(45)31(36(6,7)8)38-33(43)28-19-14-15-21-40(28)25(3)4/h23-25,27-31,33,38,43H,10-22H2,1-9H3,(H,37,42)/b26-23+/t28-,29?,30?,31?,33?/m1/s1. The van der Waals surface area contributed by atoms with E-state index in [0.717, 1.165) is 57.9 Å². The Labute approximate surface area is 273 Å². The Hall–Kier alpha value is -1.97. The van der Waals surface area contributed by atoms with Gasteiger partial charge in [0.1, 0.15) is 12.3 Å². The maximum atomic E-state index is 14.2. The van der Waals surface area contributed by atoms with Gasteiger partial charge in [-0.25, -0.2) is 0 Å². The van der Waals surface area contributed by atoms with E-state index in [4.69, 9.17) is 0 Å². The third-order valence-corrected chi connectivity index (χ3v) is 10.3. The number of nitrogens with one attached hydrogen (secondary N) is 2. The minimum Gasteiger partial charge on any atom is -0.377 e. The molecular formula is C36H65N5O4. The molecule has 2 aliphatic heterocycles. The molecule has 3 rings (SSSR count). The number of piperidine rings is 1. The lowest BCUT2D eigenvalue weighted by atomic mass is 9.84. The molecule has 3 aliphatic rings. The molecule has 3 N–H and O–H groups in total. The normalized spacial score (nSPS) is 24.8. The summed E-state index contributed by atoms with van der Waals surface area (Å²) in [6, 6.07) is -0.916. The summed E-state index contributed by atoms with van der Waals surface area (Å²) in [5.74, 6) is -0.215. The molecule has 0 aromatic rings. The largest absolute Gasteiger partial charge is 0.377 e. The van der Waals surface area contributed by atoms with Crippen LogP contribution in [0.1, 0.15) is 126 Å². The zero-order valence-corrected chi connectivity index (χ0v) is 29.9. The first-order valence-electron chi connectivity index (χ1n) is 17.9. The third kappa shape index (κ3) is 10.0. The zero-order chi connectivity index (χ0) is 33.5. The molecule has 5 atom stereocenters. The maximum absolute atomic E-state index is 14.2. The van der Waals surface area contributed by atoms with Gasteiger partial charge in [0.2, 0.25) is 17.7 Å². The molecule has 2 heterocycles. The van der Waals surface area contributed by atoms with E-state index >= 15 is 0 Å². The molecule has 258 valence electrons. The second kappa shape index (κ2) is 16.7. The number of likely N-dealkylation sites (tertiary alicyclic amines) is 2. The molecular weight excluding hydrogens is 566 g/mol. The maximum Gasteiger partial charge on any atom is 0.249 e. The number of amides is 3. The molecule has 45 heavy (non-hydrogen) atoms. The number of hydrogen-bond donors (Lipinski definition) is 3. The predicted molar refractivity (Wildman–Crippen MR) is 181 cm³/mol. The molecule has 0 aromatic carbocycles.